The van der Waals surface area contributed by atoms with Crippen LogP contribution in [0.25, 0.3) is 6.08 Å². The van der Waals surface area contributed by atoms with E-state index in [-0.39, 0.29) is 0 Å². The van der Waals surface area contributed by atoms with Crippen molar-refractivity contribution < 1.29 is 13.3 Å². The third kappa shape index (κ3) is 3.40. The van der Waals surface area contributed by atoms with Gasteiger partial charge in [-0.05, 0) is 5.56 Å². The number of rotatable bonds is 6. The van der Waals surface area contributed by atoms with E-state index in [1.165, 1.54) is 0 Å². The van der Waals surface area contributed by atoms with E-state index in [2.05, 4.69) is 0 Å². The van der Waals surface area contributed by atoms with E-state index in [1.54, 1.807) is 21.3 Å². The van der Waals surface area contributed by atoms with E-state index in [0.717, 1.165) is 10.8 Å². The lowest BCUT2D eigenvalue weighted by atomic mass is 10.2. The van der Waals surface area contributed by atoms with Gasteiger partial charge in [0.15, 0.2) is 0 Å². The summed E-state index contributed by atoms with van der Waals surface area (Å²) in [4.78, 5) is 0. The Labute approximate surface area is 108 Å². The van der Waals surface area contributed by atoms with Crippen LogP contribution in [0.4, 0.5) is 0 Å². The summed E-state index contributed by atoms with van der Waals surface area (Å²) in [6.45, 7) is 0. The van der Waals surface area contributed by atoms with Crippen LogP contribution in [0.15, 0.2) is 35.5 Å². The van der Waals surface area contributed by atoms with Gasteiger partial charge in [0, 0.05) is 32.4 Å². The molecule has 0 spiro atoms. The van der Waals surface area contributed by atoms with E-state index in [1.807, 2.05) is 36.4 Å². The quantitative estimate of drug-likeness (QED) is 0.589. The lowest BCUT2D eigenvalue weighted by Gasteiger charge is -2.26. The molecule has 0 aliphatic rings. The molecule has 1 rings (SSSR count). The van der Waals surface area contributed by atoms with Crippen LogP contribution in [-0.4, -0.2) is 36.0 Å². The average Bonchev–Trinajstić information content (AvgIpc) is 2.41. The SMILES string of the molecule is CO[Si](OC)(OC)C(=Cc1ccccc1)CCl. The van der Waals surface area contributed by atoms with Crippen LogP contribution in [0, 0.1) is 0 Å². The van der Waals surface area contributed by atoms with Crippen molar-refractivity contribution in [3.63, 3.8) is 0 Å². The second-order valence-electron chi connectivity index (χ2n) is 3.38. The Morgan fingerprint density at radius 1 is 1.12 bits per heavy atom. The fourth-order valence-corrected chi connectivity index (χ4v) is 3.96. The highest BCUT2D eigenvalue weighted by molar-refractivity contribution is 6.70. The van der Waals surface area contributed by atoms with Crippen LogP contribution in [0.2, 0.25) is 0 Å². The van der Waals surface area contributed by atoms with Crippen LogP contribution < -0.4 is 0 Å². The van der Waals surface area contributed by atoms with Crippen molar-refractivity contribution in [2.45, 2.75) is 0 Å². The summed E-state index contributed by atoms with van der Waals surface area (Å²) in [6, 6.07) is 9.88. The number of allylic oxidation sites excluding steroid dienone is 1. The average molecular weight is 273 g/mol. The molecule has 0 N–H and O–H groups in total. The molecule has 0 amide bonds. The number of hydrogen-bond donors (Lipinski definition) is 0. The molecule has 5 heteroatoms. The van der Waals surface area contributed by atoms with Crippen LogP contribution in [0.1, 0.15) is 5.56 Å². The maximum Gasteiger partial charge on any atom is 0.533 e. The van der Waals surface area contributed by atoms with Gasteiger partial charge in [-0.1, -0.05) is 36.4 Å². The van der Waals surface area contributed by atoms with Crippen molar-refractivity contribution in [1.82, 2.24) is 0 Å². The Morgan fingerprint density at radius 3 is 2.06 bits per heavy atom. The zero-order valence-corrected chi connectivity index (χ0v) is 12.0. The molecule has 3 nitrogen and oxygen atoms in total. The van der Waals surface area contributed by atoms with Crippen LogP contribution >= 0.6 is 11.6 Å². The first kappa shape index (κ1) is 14.4. The highest BCUT2D eigenvalue weighted by atomic mass is 35.5. The second-order valence-corrected chi connectivity index (χ2v) is 6.63. The Hall–Kier alpha value is -0.653. The molecule has 0 aliphatic carbocycles. The van der Waals surface area contributed by atoms with Crippen molar-refractivity contribution in [3.05, 3.63) is 41.1 Å². The molecule has 0 heterocycles. The van der Waals surface area contributed by atoms with Crippen molar-refractivity contribution >= 4 is 26.5 Å². The number of benzene rings is 1. The lowest BCUT2D eigenvalue weighted by Crippen LogP contribution is -2.46. The molecular formula is C12H17ClO3Si. The maximum atomic E-state index is 5.96. The molecule has 0 fully saturated rings. The Bertz CT molecular complexity index is 355. The van der Waals surface area contributed by atoms with Gasteiger partial charge in [0.25, 0.3) is 0 Å². The van der Waals surface area contributed by atoms with Crippen molar-refractivity contribution in [1.29, 1.82) is 0 Å². The molecule has 0 bridgehead atoms. The summed E-state index contributed by atoms with van der Waals surface area (Å²) in [5, 5.41) is 0.845. The first-order chi connectivity index (χ1) is 8.22. The van der Waals surface area contributed by atoms with Gasteiger partial charge in [-0.2, -0.15) is 0 Å². The third-order valence-corrected chi connectivity index (χ3v) is 5.72. The molecule has 0 radical (unpaired) electrons. The predicted molar refractivity (Wildman–Crippen MR) is 71.9 cm³/mol. The number of hydrogen-bond acceptors (Lipinski definition) is 3. The van der Waals surface area contributed by atoms with Gasteiger partial charge in [0.2, 0.25) is 0 Å². The van der Waals surface area contributed by atoms with E-state index >= 15 is 0 Å². The van der Waals surface area contributed by atoms with Crippen molar-refractivity contribution in [2.24, 2.45) is 0 Å². The van der Waals surface area contributed by atoms with Gasteiger partial charge in [0.1, 0.15) is 0 Å². The van der Waals surface area contributed by atoms with E-state index in [9.17, 15) is 0 Å². The van der Waals surface area contributed by atoms with Gasteiger partial charge in [-0.15, -0.1) is 11.6 Å². The predicted octanol–water partition coefficient (Wildman–Crippen LogP) is 2.73. The Kier molecular flexibility index (Phi) is 5.88. The monoisotopic (exact) mass is 272 g/mol. The van der Waals surface area contributed by atoms with Gasteiger partial charge in [-0.3, -0.25) is 0 Å². The fourth-order valence-electron chi connectivity index (χ4n) is 1.60. The number of alkyl halides is 1. The van der Waals surface area contributed by atoms with Crippen molar-refractivity contribution in [2.75, 3.05) is 27.2 Å². The zero-order valence-electron chi connectivity index (χ0n) is 10.3. The minimum Gasteiger partial charge on any atom is -0.374 e. The van der Waals surface area contributed by atoms with E-state index in [4.69, 9.17) is 24.9 Å². The van der Waals surface area contributed by atoms with Crippen LogP contribution in [-0.2, 0) is 13.3 Å². The molecule has 0 aromatic heterocycles. The molecule has 17 heavy (non-hydrogen) atoms. The number of halogens is 1. The highest BCUT2D eigenvalue weighted by Crippen LogP contribution is 2.21. The molecule has 1 aromatic rings. The third-order valence-electron chi connectivity index (χ3n) is 2.48. The van der Waals surface area contributed by atoms with Gasteiger partial charge >= 0.3 is 8.80 Å². The molecule has 0 saturated heterocycles. The first-order valence-corrected chi connectivity index (χ1v) is 7.46. The fraction of sp³-hybridized carbons (Fsp3) is 0.333. The van der Waals surface area contributed by atoms with E-state index in [0.29, 0.717) is 5.88 Å². The first-order valence-electron chi connectivity index (χ1n) is 5.20. The normalized spacial score (nSPS) is 12.8. The van der Waals surface area contributed by atoms with Gasteiger partial charge in [0.05, 0.1) is 0 Å². The molecule has 0 saturated carbocycles. The molecular weight excluding hydrogens is 256 g/mol. The maximum absolute atomic E-state index is 5.96. The smallest absolute Gasteiger partial charge is 0.374 e. The summed E-state index contributed by atoms with van der Waals surface area (Å²) < 4.78 is 16.2. The highest BCUT2D eigenvalue weighted by Gasteiger charge is 2.42. The summed E-state index contributed by atoms with van der Waals surface area (Å²) >= 11 is 5.96. The minimum absolute atomic E-state index is 0.316. The zero-order chi connectivity index (χ0) is 12.7. The molecule has 1 aromatic carbocycles. The van der Waals surface area contributed by atoms with Crippen molar-refractivity contribution in [3.8, 4) is 0 Å². The second kappa shape index (κ2) is 6.93. The standard InChI is InChI=1S/C12H17ClO3Si/c1-14-17(15-2,16-3)12(10-13)9-11-7-5-4-6-8-11/h4-9H,10H2,1-3H3. The van der Waals surface area contributed by atoms with Crippen LogP contribution in [0.5, 0.6) is 0 Å². The topological polar surface area (TPSA) is 27.7 Å². The molecule has 0 atom stereocenters. The van der Waals surface area contributed by atoms with Gasteiger partial charge in [-0.25, -0.2) is 0 Å². The minimum atomic E-state index is -2.80. The summed E-state index contributed by atoms with van der Waals surface area (Å²) in [6.07, 6.45) is 1.95. The molecule has 0 aliphatic heterocycles. The Morgan fingerprint density at radius 2 is 1.65 bits per heavy atom. The summed E-state index contributed by atoms with van der Waals surface area (Å²) in [5.41, 5.74) is 1.05. The largest absolute Gasteiger partial charge is 0.533 e. The molecule has 0 unspecified atom stereocenters. The van der Waals surface area contributed by atoms with Crippen LogP contribution in [0.3, 0.4) is 0 Å². The lowest BCUT2D eigenvalue weighted by molar-refractivity contribution is 0.135. The summed E-state index contributed by atoms with van der Waals surface area (Å²) in [7, 11) is 1.92. The van der Waals surface area contributed by atoms with Gasteiger partial charge < -0.3 is 13.3 Å². The molecule has 94 valence electrons. The van der Waals surface area contributed by atoms with E-state index < -0.39 is 8.80 Å². The summed E-state index contributed by atoms with van der Waals surface area (Å²) in [5.74, 6) is 0.316. The Balaban J connectivity index is 3.09.